The number of nitrogens with zero attached hydrogens (tertiary/aromatic N) is 2. The summed E-state index contributed by atoms with van der Waals surface area (Å²) in [5.74, 6) is -0.00579. The summed E-state index contributed by atoms with van der Waals surface area (Å²) in [4.78, 5) is 18.7. The third kappa shape index (κ3) is 2.63. The van der Waals surface area contributed by atoms with Crippen molar-refractivity contribution in [2.75, 3.05) is 12.4 Å². The van der Waals surface area contributed by atoms with Crippen LogP contribution in [0.3, 0.4) is 0 Å². The molecule has 1 amide bonds. The first kappa shape index (κ1) is 14.0. The Morgan fingerprint density at radius 3 is 2.68 bits per heavy atom. The largest absolute Gasteiger partial charge is 0.336 e. The summed E-state index contributed by atoms with van der Waals surface area (Å²) in [5, 5.41) is 1.71. The van der Waals surface area contributed by atoms with Gasteiger partial charge >= 0.3 is 0 Å². The number of hydrogen-bond donors (Lipinski definition) is 0. The van der Waals surface area contributed by atoms with Crippen molar-refractivity contribution in [1.82, 2.24) is 9.88 Å². The summed E-state index contributed by atoms with van der Waals surface area (Å²) in [6.07, 6.45) is 1.72. The Bertz CT molecular complexity index is 605. The van der Waals surface area contributed by atoms with E-state index in [4.69, 9.17) is 0 Å². The highest BCUT2D eigenvalue weighted by Crippen LogP contribution is 2.22. The fraction of sp³-hybridized carbons (Fsp3) is 0.333. The molecule has 0 saturated heterocycles. The van der Waals surface area contributed by atoms with Crippen molar-refractivity contribution in [3.8, 4) is 0 Å². The topological polar surface area (TPSA) is 33.2 Å². The fourth-order valence-electron chi connectivity index (χ4n) is 1.82. The maximum Gasteiger partial charge on any atom is 0.256 e. The molecule has 0 N–H and O–H groups in total. The first-order valence-electron chi connectivity index (χ1n) is 6.15. The van der Waals surface area contributed by atoms with Crippen LogP contribution in [0.4, 0.5) is 0 Å². The van der Waals surface area contributed by atoms with E-state index in [-0.39, 0.29) is 11.4 Å². The molecule has 0 aliphatic heterocycles. The van der Waals surface area contributed by atoms with Gasteiger partial charge in [0, 0.05) is 29.5 Å². The third-order valence-corrected chi connectivity index (χ3v) is 4.78. The van der Waals surface area contributed by atoms with Gasteiger partial charge in [-0.15, -0.1) is 0 Å². The molecule has 0 saturated carbocycles. The predicted octanol–water partition coefficient (Wildman–Crippen LogP) is 3.48. The summed E-state index contributed by atoms with van der Waals surface area (Å²) in [6, 6.07) is 9.54. The zero-order valence-electron chi connectivity index (χ0n) is 11.4. The fourth-order valence-corrected chi connectivity index (χ4v) is 2.20. The van der Waals surface area contributed by atoms with Crippen molar-refractivity contribution in [1.29, 1.82) is 0 Å². The lowest BCUT2D eigenvalue weighted by molar-refractivity contribution is 0.0665. The number of carbonyl (C=O) groups excluding carboxylic acids is 1. The van der Waals surface area contributed by atoms with Gasteiger partial charge in [-0.05, 0) is 26.0 Å². The Hall–Kier alpha value is -1.42. The Morgan fingerprint density at radius 2 is 2.00 bits per heavy atom. The summed E-state index contributed by atoms with van der Waals surface area (Å²) in [7, 11) is 1.82. The van der Waals surface area contributed by atoms with Gasteiger partial charge in [-0.2, -0.15) is 0 Å². The highest BCUT2D eigenvalue weighted by atomic mass is 79.9. The second kappa shape index (κ2) is 5.29. The molecule has 0 bridgehead atoms. The molecular weight excluding hydrogens is 304 g/mol. The predicted molar refractivity (Wildman–Crippen MR) is 81.7 cm³/mol. The van der Waals surface area contributed by atoms with E-state index in [1.54, 1.807) is 11.1 Å². The molecule has 2 rings (SSSR count). The van der Waals surface area contributed by atoms with Crippen LogP contribution in [-0.2, 0) is 0 Å². The van der Waals surface area contributed by atoms with E-state index in [1.165, 1.54) is 0 Å². The minimum absolute atomic E-state index is 0.00579. The van der Waals surface area contributed by atoms with E-state index in [0.29, 0.717) is 5.56 Å². The molecule has 0 fully saturated rings. The first-order chi connectivity index (χ1) is 8.97. The van der Waals surface area contributed by atoms with Crippen molar-refractivity contribution in [3.05, 3.63) is 42.1 Å². The molecule has 0 radical (unpaired) electrons. The molecular formula is C15H17BrN2O. The number of fused-ring (bicyclic) bond motifs is 1. The second-order valence-corrected chi connectivity index (χ2v) is 5.75. The average Bonchev–Trinajstić information content (AvgIpc) is 2.45. The van der Waals surface area contributed by atoms with Crippen molar-refractivity contribution in [2.45, 2.75) is 19.4 Å². The van der Waals surface area contributed by atoms with Crippen molar-refractivity contribution in [3.63, 3.8) is 0 Å². The van der Waals surface area contributed by atoms with Crippen LogP contribution >= 0.6 is 15.9 Å². The van der Waals surface area contributed by atoms with Crippen LogP contribution in [0.15, 0.2) is 36.5 Å². The van der Waals surface area contributed by atoms with Crippen LogP contribution in [-0.4, -0.2) is 33.7 Å². The number of amides is 1. The lowest BCUT2D eigenvalue weighted by Gasteiger charge is -2.34. The van der Waals surface area contributed by atoms with Gasteiger partial charge in [0.15, 0.2) is 0 Å². The zero-order valence-corrected chi connectivity index (χ0v) is 12.9. The number of carbonyl (C=O) groups is 1. The Balaban J connectivity index is 2.48. The minimum atomic E-state index is -0.242. The maximum atomic E-state index is 12.6. The van der Waals surface area contributed by atoms with Crippen LogP contribution < -0.4 is 0 Å². The SMILES string of the molecule is CN(C(=O)c1cccc2cccnc12)C(C)(C)CBr. The van der Waals surface area contributed by atoms with E-state index >= 15 is 0 Å². The maximum absolute atomic E-state index is 12.6. The van der Waals surface area contributed by atoms with Gasteiger partial charge in [0.05, 0.1) is 11.1 Å². The van der Waals surface area contributed by atoms with Crippen molar-refractivity contribution in [2.24, 2.45) is 0 Å². The highest BCUT2D eigenvalue weighted by molar-refractivity contribution is 9.09. The molecule has 1 aromatic carbocycles. The van der Waals surface area contributed by atoms with E-state index in [9.17, 15) is 4.79 Å². The molecule has 1 heterocycles. The molecule has 100 valence electrons. The zero-order chi connectivity index (χ0) is 14.0. The van der Waals surface area contributed by atoms with Gasteiger partial charge in [0.1, 0.15) is 0 Å². The summed E-state index contributed by atoms with van der Waals surface area (Å²) in [5.41, 5.74) is 1.16. The Labute approximate surface area is 121 Å². The quantitative estimate of drug-likeness (QED) is 0.811. The molecule has 19 heavy (non-hydrogen) atoms. The van der Waals surface area contributed by atoms with Gasteiger partial charge in [0.2, 0.25) is 0 Å². The number of rotatable bonds is 3. The molecule has 0 aliphatic carbocycles. The number of para-hydroxylation sites is 1. The summed E-state index contributed by atoms with van der Waals surface area (Å²) >= 11 is 3.45. The van der Waals surface area contributed by atoms with Crippen LogP contribution in [0.1, 0.15) is 24.2 Å². The number of halogens is 1. The molecule has 0 atom stereocenters. The van der Waals surface area contributed by atoms with Gasteiger partial charge < -0.3 is 4.90 Å². The van der Waals surface area contributed by atoms with E-state index < -0.39 is 0 Å². The summed E-state index contributed by atoms with van der Waals surface area (Å²) in [6.45, 7) is 4.05. The number of aromatic nitrogens is 1. The molecule has 2 aromatic rings. The number of hydrogen-bond acceptors (Lipinski definition) is 2. The van der Waals surface area contributed by atoms with Gasteiger partial charge in [0.25, 0.3) is 5.91 Å². The van der Waals surface area contributed by atoms with Crippen LogP contribution in [0, 0.1) is 0 Å². The highest BCUT2D eigenvalue weighted by Gasteiger charge is 2.28. The van der Waals surface area contributed by atoms with Crippen LogP contribution in [0.5, 0.6) is 0 Å². The smallest absolute Gasteiger partial charge is 0.256 e. The number of pyridine rings is 1. The lowest BCUT2D eigenvalue weighted by atomic mass is 10.0. The van der Waals surface area contributed by atoms with E-state index in [0.717, 1.165) is 16.2 Å². The minimum Gasteiger partial charge on any atom is -0.336 e. The molecule has 1 aromatic heterocycles. The van der Waals surface area contributed by atoms with Crippen LogP contribution in [0.2, 0.25) is 0 Å². The Morgan fingerprint density at radius 1 is 1.32 bits per heavy atom. The van der Waals surface area contributed by atoms with Gasteiger partial charge in [-0.1, -0.05) is 34.1 Å². The summed E-state index contributed by atoms with van der Waals surface area (Å²) < 4.78 is 0. The third-order valence-electron chi connectivity index (χ3n) is 3.40. The van der Waals surface area contributed by atoms with Crippen molar-refractivity contribution >= 4 is 32.7 Å². The van der Waals surface area contributed by atoms with Gasteiger partial charge in [-0.25, -0.2) is 0 Å². The standard InChI is InChI=1S/C15H17BrN2O/c1-15(2,10-16)18(3)14(19)12-8-4-6-11-7-5-9-17-13(11)12/h4-9H,10H2,1-3H3. The molecule has 4 heteroatoms. The number of alkyl halides is 1. The second-order valence-electron chi connectivity index (χ2n) is 5.19. The molecule has 3 nitrogen and oxygen atoms in total. The lowest BCUT2D eigenvalue weighted by Crippen LogP contribution is -2.46. The van der Waals surface area contributed by atoms with E-state index in [2.05, 4.69) is 20.9 Å². The van der Waals surface area contributed by atoms with Gasteiger partial charge in [-0.3, -0.25) is 9.78 Å². The number of benzene rings is 1. The molecule has 0 aliphatic rings. The Kier molecular flexibility index (Phi) is 3.90. The molecule has 0 spiro atoms. The van der Waals surface area contributed by atoms with Crippen molar-refractivity contribution < 1.29 is 4.79 Å². The normalized spacial score (nSPS) is 11.6. The van der Waals surface area contributed by atoms with Crippen LogP contribution in [0.25, 0.3) is 10.9 Å². The first-order valence-corrected chi connectivity index (χ1v) is 7.27. The van der Waals surface area contributed by atoms with E-state index in [1.807, 2.05) is 51.2 Å². The monoisotopic (exact) mass is 320 g/mol. The molecule has 0 unspecified atom stereocenters. The average molecular weight is 321 g/mol.